The van der Waals surface area contributed by atoms with Crippen molar-refractivity contribution in [3.63, 3.8) is 0 Å². The number of rotatable bonds is 6. The van der Waals surface area contributed by atoms with Crippen molar-refractivity contribution in [2.24, 2.45) is 46.3 Å². The molecule has 1 amide bonds. The van der Waals surface area contributed by atoms with E-state index in [1.54, 1.807) is 0 Å². The fraction of sp³-hybridized carbons (Fsp3) is 0.833. The lowest BCUT2D eigenvalue weighted by atomic mass is 9.43. The van der Waals surface area contributed by atoms with E-state index in [2.05, 4.69) is 33.0 Å². The Kier molecular flexibility index (Phi) is 7.83. The molecule has 1 unspecified atom stereocenters. The standard InChI is InChI=1S/C30H46ClNO4S/c1-5-22(24-8-9-26(31)37-24)32-27(36)12-16(2)19-6-7-20-28-21(15-25(35)30(19,20)4)29(3)11-10-18(33)13-17(29)14-23(28)34/h8-9,16-23,25,28,33-35H,5-7,10-15H2,1-4H3,(H,32,36)/t16-,17+,18-,19?,20+,21+,22-,23-,25+,28+,29+,30-/m1/s1. The number of aliphatic hydroxyl groups excluding tert-OH is 3. The van der Waals surface area contributed by atoms with Gasteiger partial charge < -0.3 is 20.6 Å². The summed E-state index contributed by atoms with van der Waals surface area (Å²) in [4.78, 5) is 14.2. The number of thiophene rings is 1. The van der Waals surface area contributed by atoms with Crippen LogP contribution in [0.4, 0.5) is 0 Å². The first kappa shape index (κ1) is 27.9. The van der Waals surface area contributed by atoms with Crippen LogP contribution in [0.2, 0.25) is 4.34 Å². The van der Waals surface area contributed by atoms with E-state index in [9.17, 15) is 20.1 Å². The van der Waals surface area contributed by atoms with E-state index in [1.807, 2.05) is 12.1 Å². The molecule has 1 aromatic heterocycles. The van der Waals surface area contributed by atoms with Crippen LogP contribution in [0.3, 0.4) is 0 Å². The Morgan fingerprint density at radius 3 is 2.57 bits per heavy atom. The molecule has 1 heterocycles. The van der Waals surface area contributed by atoms with Crippen molar-refractivity contribution in [1.82, 2.24) is 5.32 Å². The second-order valence-corrected chi connectivity index (χ2v) is 15.1. The van der Waals surface area contributed by atoms with Crippen molar-refractivity contribution < 1.29 is 20.1 Å². The van der Waals surface area contributed by atoms with Crippen molar-refractivity contribution in [1.29, 1.82) is 0 Å². The Bertz CT molecular complexity index is 987. The number of fused-ring (bicyclic) bond motifs is 5. The molecule has 0 aromatic carbocycles. The van der Waals surface area contributed by atoms with Gasteiger partial charge in [0.2, 0.25) is 5.91 Å². The summed E-state index contributed by atoms with van der Waals surface area (Å²) < 4.78 is 0.736. The highest BCUT2D eigenvalue weighted by Gasteiger charge is 2.65. The summed E-state index contributed by atoms with van der Waals surface area (Å²) in [6.07, 6.45) is 6.31. The molecule has 12 atom stereocenters. The van der Waals surface area contributed by atoms with Gasteiger partial charge in [0.15, 0.2) is 0 Å². The van der Waals surface area contributed by atoms with E-state index >= 15 is 0 Å². The molecule has 208 valence electrons. The normalized spacial score (nSPS) is 44.9. The molecule has 5 rings (SSSR count). The van der Waals surface area contributed by atoms with Crippen LogP contribution in [0, 0.1) is 46.3 Å². The molecular weight excluding hydrogens is 506 g/mol. The van der Waals surface area contributed by atoms with Gasteiger partial charge in [-0.15, -0.1) is 11.3 Å². The van der Waals surface area contributed by atoms with Gasteiger partial charge >= 0.3 is 0 Å². The van der Waals surface area contributed by atoms with Gasteiger partial charge in [0.25, 0.3) is 0 Å². The van der Waals surface area contributed by atoms with Crippen LogP contribution in [0.1, 0.15) is 96.4 Å². The maximum absolute atomic E-state index is 13.1. The Hall–Kier alpha value is -0.660. The third-order valence-corrected chi connectivity index (χ3v) is 13.1. The van der Waals surface area contributed by atoms with Gasteiger partial charge in [0.05, 0.1) is 28.7 Å². The van der Waals surface area contributed by atoms with Crippen molar-refractivity contribution >= 4 is 28.8 Å². The number of nitrogens with one attached hydrogen (secondary N) is 1. The largest absolute Gasteiger partial charge is 0.393 e. The lowest BCUT2D eigenvalue weighted by Crippen LogP contribution is -2.62. The minimum absolute atomic E-state index is 0.0229. The molecule has 7 heteroatoms. The highest BCUT2D eigenvalue weighted by molar-refractivity contribution is 7.16. The lowest BCUT2D eigenvalue weighted by molar-refractivity contribution is -0.207. The van der Waals surface area contributed by atoms with E-state index in [0.717, 1.165) is 60.6 Å². The number of carbonyl (C=O) groups excluding carboxylic acids is 1. The van der Waals surface area contributed by atoms with E-state index in [-0.39, 0.29) is 58.7 Å². The lowest BCUT2D eigenvalue weighted by Gasteiger charge is -2.63. The van der Waals surface area contributed by atoms with Crippen LogP contribution >= 0.6 is 22.9 Å². The number of aliphatic hydroxyl groups is 3. The summed E-state index contributed by atoms with van der Waals surface area (Å²) >= 11 is 7.65. The zero-order chi connectivity index (χ0) is 26.7. The number of halogens is 1. The average molecular weight is 552 g/mol. The molecule has 0 aliphatic heterocycles. The Morgan fingerprint density at radius 1 is 1.14 bits per heavy atom. The fourth-order valence-corrected chi connectivity index (χ4v) is 10.9. The van der Waals surface area contributed by atoms with Crippen LogP contribution in [0.5, 0.6) is 0 Å². The highest BCUT2D eigenvalue weighted by atomic mass is 35.5. The fourth-order valence-electron chi connectivity index (χ4n) is 9.71. The SMILES string of the molecule is CC[C@@H](NC(=O)C[C@@H](C)C1CC[C@H]2[C@@H]3[C@H](O)C[C@@H]4C[C@H](O)CC[C@]4(C)[C@H]3C[C@H](O)[C@]12C)c1ccc(Cl)s1. The van der Waals surface area contributed by atoms with Gasteiger partial charge in [-0.25, -0.2) is 0 Å². The number of amides is 1. The van der Waals surface area contributed by atoms with Gasteiger partial charge in [0, 0.05) is 11.3 Å². The minimum Gasteiger partial charge on any atom is -0.393 e. The van der Waals surface area contributed by atoms with E-state index in [0.29, 0.717) is 18.3 Å². The second-order valence-electron chi connectivity index (χ2n) is 13.4. The number of hydrogen-bond acceptors (Lipinski definition) is 5. The van der Waals surface area contributed by atoms with Crippen LogP contribution in [-0.2, 0) is 4.79 Å². The quantitative estimate of drug-likeness (QED) is 0.351. The smallest absolute Gasteiger partial charge is 0.220 e. The molecule has 1 aromatic rings. The molecule has 4 aliphatic carbocycles. The molecule has 4 N–H and O–H groups in total. The number of hydrogen-bond donors (Lipinski definition) is 4. The average Bonchev–Trinajstić information content (AvgIpc) is 3.43. The van der Waals surface area contributed by atoms with Gasteiger partial charge in [-0.3, -0.25) is 4.79 Å². The Balaban J connectivity index is 1.30. The van der Waals surface area contributed by atoms with Crippen molar-refractivity contribution in [3.8, 4) is 0 Å². The molecule has 0 bridgehead atoms. The van der Waals surface area contributed by atoms with Crippen LogP contribution in [0.15, 0.2) is 12.1 Å². The Morgan fingerprint density at radius 2 is 1.89 bits per heavy atom. The summed E-state index contributed by atoms with van der Waals surface area (Å²) in [6.45, 7) is 8.87. The molecule has 0 saturated heterocycles. The molecule has 0 radical (unpaired) electrons. The second kappa shape index (κ2) is 10.4. The zero-order valence-electron chi connectivity index (χ0n) is 22.8. The third-order valence-electron chi connectivity index (χ3n) is 11.7. The van der Waals surface area contributed by atoms with Crippen molar-refractivity contribution in [3.05, 3.63) is 21.3 Å². The van der Waals surface area contributed by atoms with Gasteiger partial charge in [-0.2, -0.15) is 0 Å². The summed E-state index contributed by atoms with van der Waals surface area (Å²) in [6, 6.07) is 3.86. The van der Waals surface area contributed by atoms with Crippen LogP contribution in [0.25, 0.3) is 0 Å². The molecule has 4 aliphatic rings. The zero-order valence-corrected chi connectivity index (χ0v) is 24.4. The molecule has 4 saturated carbocycles. The molecule has 0 spiro atoms. The summed E-state index contributed by atoms with van der Waals surface area (Å²) in [7, 11) is 0. The molecule has 37 heavy (non-hydrogen) atoms. The molecular formula is C30H46ClNO4S. The van der Waals surface area contributed by atoms with E-state index in [1.165, 1.54) is 11.3 Å². The molecule has 5 nitrogen and oxygen atoms in total. The molecule has 4 fully saturated rings. The van der Waals surface area contributed by atoms with Gasteiger partial charge in [0.1, 0.15) is 0 Å². The topological polar surface area (TPSA) is 89.8 Å². The predicted molar refractivity (Wildman–Crippen MR) is 148 cm³/mol. The first-order valence-corrected chi connectivity index (χ1v) is 15.8. The Labute approximate surface area is 231 Å². The first-order valence-electron chi connectivity index (χ1n) is 14.6. The van der Waals surface area contributed by atoms with Crippen LogP contribution < -0.4 is 5.32 Å². The first-order chi connectivity index (χ1) is 17.5. The monoisotopic (exact) mass is 551 g/mol. The summed E-state index contributed by atoms with van der Waals surface area (Å²) in [5.41, 5.74) is -0.209. The van der Waals surface area contributed by atoms with Crippen molar-refractivity contribution in [2.45, 2.75) is 110 Å². The van der Waals surface area contributed by atoms with Gasteiger partial charge in [-0.05, 0) is 110 Å². The number of carbonyl (C=O) groups is 1. The van der Waals surface area contributed by atoms with E-state index < -0.39 is 6.10 Å². The van der Waals surface area contributed by atoms with Gasteiger partial charge in [-0.1, -0.05) is 39.3 Å². The summed E-state index contributed by atoms with van der Waals surface area (Å²) in [5.74, 6) is 1.56. The maximum atomic E-state index is 13.1. The summed E-state index contributed by atoms with van der Waals surface area (Å²) in [5, 5.41) is 36.8. The predicted octanol–water partition coefficient (Wildman–Crippen LogP) is 5.96. The van der Waals surface area contributed by atoms with E-state index in [4.69, 9.17) is 11.6 Å². The van der Waals surface area contributed by atoms with Crippen molar-refractivity contribution in [2.75, 3.05) is 0 Å². The third kappa shape index (κ3) is 4.71. The highest BCUT2D eigenvalue weighted by Crippen LogP contribution is 2.68. The van der Waals surface area contributed by atoms with Crippen LogP contribution in [-0.4, -0.2) is 39.5 Å². The maximum Gasteiger partial charge on any atom is 0.220 e. The minimum atomic E-state index is -0.428.